The number of benzene rings is 3. The molecule has 1 atom stereocenters. The molecule has 3 aromatic carbocycles. The van der Waals surface area contributed by atoms with E-state index in [2.05, 4.69) is 32.1 Å². The Morgan fingerprint density at radius 2 is 1.45 bits per heavy atom. The zero-order chi connectivity index (χ0) is 29.7. The van der Waals surface area contributed by atoms with E-state index in [0.717, 1.165) is 50.5 Å². The lowest BCUT2D eigenvalue weighted by molar-refractivity contribution is 0.285. The summed E-state index contributed by atoms with van der Waals surface area (Å²) in [5.41, 5.74) is 4.03. The summed E-state index contributed by atoms with van der Waals surface area (Å²) in [5.74, 6) is -1.54. The lowest BCUT2D eigenvalue weighted by atomic mass is 9.84. The van der Waals surface area contributed by atoms with Crippen molar-refractivity contribution in [2.75, 3.05) is 6.61 Å². The summed E-state index contributed by atoms with van der Waals surface area (Å²) in [5, 5.41) is 0. The standard InChI is InChI=1S/C38H45F3O/c1-3-5-7-8-9-10-12-26-42-36-25-24-34(37(40)38(36)41)31-20-18-30(19-21-31)33-23-22-32(27-35(33)39)29-16-14-28(15-17-29)13-11-6-4-2/h4,6,16,18-25,27-28H,3,5,7-15,17,26H2,1-2H3. The van der Waals surface area contributed by atoms with Gasteiger partial charge >= 0.3 is 0 Å². The van der Waals surface area contributed by atoms with Crippen molar-refractivity contribution in [3.63, 3.8) is 0 Å². The summed E-state index contributed by atoms with van der Waals surface area (Å²) in [6.45, 7) is 4.62. The van der Waals surface area contributed by atoms with Gasteiger partial charge in [-0.2, -0.15) is 4.39 Å². The van der Waals surface area contributed by atoms with E-state index in [0.29, 0.717) is 29.2 Å². The largest absolute Gasteiger partial charge is 0.490 e. The molecule has 0 heterocycles. The topological polar surface area (TPSA) is 9.23 Å². The predicted molar refractivity (Wildman–Crippen MR) is 170 cm³/mol. The molecule has 1 aliphatic rings. The van der Waals surface area contributed by atoms with Gasteiger partial charge in [-0.05, 0) is 91.8 Å². The summed E-state index contributed by atoms with van der Waals surface area (Å²) in [6, 6.07) is 15.4. The number of hydrogen-bond donors (Lipinski definition) is 0. The van der Waals surface area contributed by atoms with Gasteiger partial charge in [0.15, 0.2) is 11.6 Å². The van der Waals surface area contributed by atoms with E-state index < -0.39 is 11.6 Å². The minimum atomic E-state index is -0.970. The molecule has 0 bridgehead atoms. The molecule has 0 fully saturated rings. The van der Waals surface area contributed by atoms with E-state index in [9.17, 15) is 8.78 Å². The minimum absolute atomic E-state index is 0.0572. The van der Waals surface area contributed by atoms with Crippen molar-refractivity contribution in [1.29, 1.82) is 0 Å². The Balaban J connectivity index is 1.35. The van der Waals surface area contributed by atoms with E-state index >= 15 is 4.39 Å². The third-order valence-electron chi connectivity index (χ3n) is 8.40. The third kappa shape index (κ3) is 8.63. The Labute approximate surface area is 250 Å². The molecule has 0 saturated carbocycles. The number of unbranched alkanes of at least 4 members (excludes halogenated alkanes) is 6. The van der Waals surface area contributed by atoms with E-state index in [1.807, 2.05) is 12.1 Å². The quantitative estimate of drug-likeness (QED) is 0.130. The van der Waals surface area contributed by atoms with E-state index in [1.54, 1.807) is 36.4 Å². The van der Waals surface area contributed by atoms with Gasteiger partial charge in [0.2, 0.25) is 5.82 Å². The maximum absolute atomic E-state index is 15.2. The van der Waals surface area contributed by atoms with E-state index in [1.165, 1.54) is 43.7 Å². The molecule has 0 radical (unpaired) electrons. The van der Waals surface area contributed by atoms with Crippen LogP contribution in [0.25, 0.3) is 27.8 Å². The molecule has 1 unspecified atom stereocenters. The summed E-state index contributed by atoms with van der Waals surface area (Å²) in [4.78, 5) is 0. The molecule has 0 aliphatic heterocycles. The van der Waals surface area contributed by atoms with Crippen molar-refractivity contribution < 1.29 is 17.9 Å². The highest BCUT2D eigenvalue weighted by molar-refractivity contribution is 5.74. The molecule has 1 aliphatic carbocycles. The zero-order valence-electron chi connectivity index (χ0n) is 25.2. The minimum Gasteiger partial charge on any atom is -0.490 e. The molecule has 0 saturated heterocycles. The summed E-state index contributed by atoms with van der Waals surface area (Å²) < 4.78 is 50.5. The number of ether oxygens (including phenoxy) is 1. The fourth-order valence-electron chi connectivity index (χ4n) is 5.80. The van der Waals surface area contributed by atoms with Gasteiger partial charge < -0.3 is 4.74 Å². The molecule has 0 aromatic heterocycles. The molecule has 42 heavy (non-hydrogen) atoms. The maximum Gasteiger partial charge on any atom is 0.201 e. The third-order valence-corrected chi connectivity index (χ3v) is 8.40. The Morgan fingerprint density at radius 1 is 0.786 bits per heavy atom. The molecule has 4 heteroatoms. The average Bonchev–Trinajstić information content (AvgIpc) is 3.01. The van der Waals surface area contributed by atoms with Crippen molar-refractivity contribution >= 4 is 5.57 Å². The first kappa shape index (κ1) is 31.7. The Morgan fingerprint density at radius 3 is 2.12 bits per heavy atom. The van der Waals surface area contributed by atoms with Crippen molar-refractivity contribution in [1.82, 2.24) is 0 Å². The van der Waals surface area contributed by atoms with E-state index in [-0.39, 0.29) is 17.1 Å². The van der Waals surface area contributed by atoms with Crippen LogP contribution in [-0.2, 0) is 0 Å². The second kappa shape index (κ2) is 16.4. The monoisotopic (exact) mass is 574 g/mol. The smallest absolute Gasteiger partial charge is 0.201 e. The molecule has 1 nitrogen and oxygen atoms in total. The van der Waals surface area contributed by atoms with Gasteiger partial charge in [-0.3, -0.25) is 0 Å². The Hall–Kier alpha value is -3.27. The molecule has 0 amide bonds. The van der Waals surface area contributed by atoms with Crippen molar-refractivity contribution in [2.45, 2.75) is 90.9 Å². The number of rotatable bonds is 15. The SMILES string of the molecule is CC=CCCC1CC=C(c2ccc(-c3ccc(-c4ccc(OCCCCCCCCC)c(F)c4F)cc3)c(F)c2)CC1. The predicted octanol–water partition coefficient (Wildman–Crippen LogP) is 12.1. The van der Waals surface area contributed by atoms with Crippen LogP contribution in [0.3, 0.4) is 0 Å². The van der Waals surface area contributed by atoms with Gasteiger partial charge in [0.1, 0.15) is 5.82 Å². The highest BCUT2D eigenvalue weighted by Gasteiger charge is 2.18. The van der Waals surface area contributed by atoms with Crippen LogP contribution in [0, 0.1) is 23.4 Å². The Bertz CT molecular complexity index is 1340. The van der Waals surface area contributed by atoms with Crippen LogP contribution in [0.15, 0.2) is 72.8 Å². The molecule has 224 valence electrons. The fourth-order valence-corrected chi connectivity index (χ4v) is 5.80. The fraction of sp³-hybridized carbons (Fsp3) is 0.421. The summed E-state index contributed by atoms with van der Waals surface area (Å²) >= 11 is 0. The van der Waals surface area contributed by atoms with Crippen LogP contribution in [-0.4, -0.2) is 6.61 Å². The van der Waals surface area contributed by atoms with Crippen LogP contribution >= 0.6 is 0 Å². The normalized spacial score (nSPS) is 15.3. The first-order valence-electron chi connectivity index (χ1n) is 15.8. The van der Waals surface area contributed by atoms with E-state index in [4.69, 9.17) is 4.74 Å². The zero-order valence-corrected chi connectivity index (χ0v) is 25.2. The number of halogens is 3. The Kier molecular flexibility index (Phi) is 12.4. The summed E-state index contributed by atoms with van der Waals surface area (Å²) in [6.07, 6.45) is 20.0. The lowest BCUT2D eigenvalue weighted by Gasteiger charge is -2.22. The molecule has 0 spiro atoms. The number of hydrogen-bond acceptors (Lipinski definition) is 1. The molecular weight excluding hydrogens is 529 g/mol. The van der Waals surface area contributed by atoms with Crippen LogP contribution in [0.5, 0.6) is 5.75 Å². The highest BCUT2D eigenvalue weighted by Crippen LogP contribution is 2.35. The first-order chi connectivity index (χ1) is 20.5. The van der Waals surface area contributed by atoms with Gasteiger partial charge in [0, 0.05) is 11.1 Å². The maximum atomic E-state index is 15.2. The van der Waals surface area contributed by atoms with Gasteiger partial charge in [0.05, 0.1) is 6.61 Å². The van der Waals surface area contributed by atoms with Crippen LogP contribution in [0.1, 0.15) is 96.5 Å². The number of allylic oxidation sites excluding steroid dienone is 4. The highest BCUT2D eigenvalue weighted by atomic mass is 19.2. The van der Waals surface area contributed by atoms with Crippen molar-refractivity contribution in [3.8, 4) is 28.0 Å². The summed E-state index contributed by atoms with van der Waals surface area (Å²) in [7, 11) is 0. The average molecular weight is 575 g/mol. The van der Waals surface area contributed by atoms with Crippen molar-refractivity contribution in [3.05, 3.63) is 95.8 Å². The molecule has 0 N–H and O–H groups in total. The van der Waals surface area contributed by atoms with Crippen LogP contribution in [0.2, 0.25) is 0 Å². The van der Waals surface area contributed by atoms with Crippen LogP contribution in [0.4, 0.5) is 13.2 Å². The van der Waals surface area contributed by atoms with Crippen molar-refractivity contribution in [2.24, 2.45) is 5.92 Å². The second-order valence-corrected chi connectivity index (χ2v) is 11.5. The molecular formula is C38H45F3O. The second-order valence-electron chi connectivity index (χ2n) is 11.5. The first-order valence-corrected chi connectivity index (χ1v) is 15.8. The molecule has 4 rings (SSSR count). The van der Waals surface area contributed by atoms with Gasteiger partial charge in [-0.1, -0.05) is 100 Å². The van der Waals surface area contributed by atoms with Crippen LogP contribution < -0.4 is 4.74 Å². The van der Waals surface area contributed by atoms with Gasteiger partial charge in [-0.15, -0.1) is 0 Å². The van der Waals surface area contributed by atoms with Gasteiger partial charge in [0.25, 0.3) is 0 Å². The molecule has 3 aromatic rings. The lowest BCUT2D eigenvalue weighted by Crippen LogP contribution is -2.05. The van der Waals surface area contributed by atoms with Gasteiger partial charge in [-0.25, -0.2) is 8.78 Å².